The van der Waals surface area contributed by atoms with Gasteiger partial charge in [-0.15, -0.1) is 11.8 Å². The summed E-state index contributed by atoms with van der Waals surface area (Å²) in [6.45, 7) is 2.76. The first-order chi connectivity index (χ1) is 7.72. The molecule has 0 amide bonds. The Morgan fingerprint density at radius 2 is 2.38 bits per heavy atom. The molecule has 84 valence electrons. The van der Waals surface area contributed by atoms with Crippen LogP contribution in [0.15, 0.2) is 23.1 Å². The number of benzene rings is 1. The Labute approximate surface area is 98.4 Å². The highest BCUT2D eigenvalue weighted by Gasteiger charge is 2.26. The van der Waals surface area contributed by atoms with Crippen molar-refractivity contribution in [1.82, 2.24) is 0 Å². The van der Waals surface area contributed by atoms with Crippen LogP contribution in [0.1, 0.15) is 18.9 Å². The summed E-state index contributed by atoms with van der Waals surface area (Å²) in [4.78, 5) is 0.713. The lowest BCUT2D eigenvalue weighted by molar-refractivity contribution is 0.127. The van der Waals surface area contributed by atoms with Crippen molar-refractivity contribution in [3.8, 4) is 6.07 Å². The molecule has 0 radical (unpaired) electrons. The van der Waals surface area contributed by atoms with Gasteiger partial charge in [-0.2, -0.15) is 5.26 Å². The van der Waals surface area contributed by atoms with Crippen LogP contribution in [0.5, 0.6) is 0 Å². The van der Waals surface area contributed by atoms with Gasteiger partial charge in [-0.05, 0) is 25.5 Å². The molecule has 1 aliphatic rings. The predicted molar refractivity (Wildman–Crippen MR) is 60.8 cm³/mol. The highest BCUT2D eigenvalue weighted by atomic mass is 32.2. The Morgan fingerprint density at radius 3 is 3.00 bits per heavy atom. The van der Waals surface area contributed by atoms with Gasteiger partial charge in [-0.1, -0.05) is 6.07 Å². The second-order valence-electron chi connectivity index (χ2n) is 3.75. The first kappa shape index (κ1) is 11.4. The third-order valence-corrected chi connectivity index (χ3v) is 4.19. The normalized spacial score (nSPS) is 24.3. The van der Waals surface area contributed by atoms with E-state index in [-0.39, 0.29) is 11.7 Å². The van der Waals surface area contributed by atoms with E-state index in [0.29, 0.717) is 10.1 Å². The number of nitrogens with zero attached hydrogens (tertiary/aromatic N) is 1. The van der Waals surface area contributed by atoms with Crippen molar-refractivity contribution in [1.29, 1.82) is 5.26 Å². The number of thioether (sulfide) groups is 1. The van der Waals surface area contributed by atoms with E-state index in [2.05, 4.69) is 0 Å². The van der Waals surface area contributed by atoms with Gasteiger partial charge >= 0.3 is 0 Å². The highest BCUT2D eigenvalue weighted by Crippen LogP contribution is 2.34. The molecule has 0 unspecified atom stereocenters. The number of nitriles is 1. The number of rotatable bonds is 2. The minimum absolute atomic E-state index is 0.145. The van der Waals surface area contributed by atoms with Gasteiger partial charge in [-0.3, -0.25) is 0 Å². The molecule has 0 aliphatic carbocycles. The summed E-state index contributed by atoms with van der Waals surface area (Å²) in [5, 5.41) is 9.22. The Balaban J connectivity index is 2.21. The lowest BCUT2D eigenvalue weighted by Crippen LogP contribution is -2.13. The smallest absolute Gasteiger partial charge is 0.142 e. The van der Waals surface area contributed by atoms with Gasteiger partial charge in [-0.25, -0.2) is 4.39 Å². The topological polar surface area (TPSA) is 33.0 Å². The molecule has 1 aliphatic heterocycles. The van der Waals surface area contributed by atoms with Crippen LogP contribution >= 0.6 is 11.8 Å². The minimum atomic E-state index is -0.445. The summed E-state index contributed by atoms with van der Waals surface area (Å²) < 4.78 is 18.8. The second kappa shape index (κ2) is 4.86. The van der Waals surface area contributed by atoms with E-state index in [1.165, 1.54) is 17.8 Å². The van der Waals surface area contributed by atoms with Crippen molar-refractivity contribution in [3.05, 3.63) is 29.6 Å². The van der Waals surface area contributed by atoms with Crippen molar-refractivity contribution in [2.45, 2.75) is 29.6 Å². The zero-order valence-electron chi connectivity index (χ0n) is 8.94. The van der Waals surface area contributed by atoms with Crippen LogP contribution in [0, 0.1) is 17.1 Å². The molecule has 0 bridgehead atoms. The number of halogens is 1. The first-order valence-corrected chi connectivity index (χ1v) is 6.07. The molecule has 2 nitrogen and oxygen atoms in total. The van der Waals surface area contributed by atoms with E-state index in [0.717, 1.165) is 13.0 Å². The zero-order valence-corrected chi connectivity index (χ0v) is 9.76. The third kappa shape index (κ3) is 2.21. The largest absolute Gasteiger partial charge is 0.377 e. The Kier molecular flexibility index (Phi) is 3.47. The van der Waals surface area contributed by atoms with Gasteiger partial charge < -0.3 is 4.74 Å². The van der Waals surface area contributed by atoms with Crippen LogP contribution in [0.25, 0.3) is 0 Å². The summed E-state index contributed by atoms with van der Waals surface area (Å²) in [6.07, 6.45) is 1.12. The molecule has 1 saturated heterocycles. The maximum Gasteiger partial charge on any atom is 0.142 e. The molecule has 0 aromatic heterocycles. The number of hydrogen-bond donors (Lipinski definition) is 0. The molecule has 0 N–H and O–H groups in total. The molecular weight excluding hydrogens is 225 g/mol. The Morgan fingerprint density at radius 1 is 1.56 bits per heavy atom. The van der Waals surface area contributed by atoms with E-state index in [9.17, 15) is 4.39 Å². The SMILES string of the molecule is C[C@@H]1OCC[C@H]1Sc1cccc(F)c1C#N. The quantitative estimate of drug-likeness (QED) is 0.792. The van der Waals surface area contributed by atoms with Crippen molar-refractivity contribution in [2.75, 3.05) is 6.61 Å². The molecule has 2 atom stereocenters. The maximum absolute atomic E-state index is 13.4. The van der Waals surface area contributed by atoms with Gasteiger partial charge in [0, 0.05) is 16.8 Å². The predicted octanol–water partition coefficient (Wildman–Crippen LogP) is 2.97. The van der Waals surface area contributed by atoms with Crippen molar-refractivity contribution >= 4 is 11.8 Å². The third-order valence-electron chi connectivity index (χ3n) is 2.67. The summed E-state index contributed by atoms with van der Waals surface area (Å²) in [5.74, 6) is -0.445. The van der Waals surface area contributed by atoms with Gasteiger partial charge in [0.1, 0.15) is 17.4 Å². The molecular formula is C12H12FNOS. The van der Waals surface area contributed by atoms with Crippen molar-refractivity contribution in [2.24, 2.45) is 0 Å². The molecule has 0 spiro atoms. The van der Waals surface area contributed by atoms with Gasteiger partial charge in [0.2, 0.25) is 0 Å². The fourth-order valence-electron chi connectivity index (χ4n) is 1.74. The molecule has 1 fully saturated rings. The van der Waals surface area contributed by atoms with E-state index < -0.39 is 5.82 Å². The van der Waals surface area contributed by atoms with Gasteiger partial charge in [0.25, 0.3) is 0 Å². The van der Waals surface area contributed by atoms with E-state index in [1.54, 1.807) is 12.1 Å². The molecule has 16 heavy (non-hydrogen) atoms. The monoisotopic (exact) mass is 237 g/mol. The van der Waals surface area contributed by atoms with E-state index in [1.807, 2.05) is 13.0 Å². The van der Waals surface area contributed by atoms with E-state index >= 15 is 0 Å². The summed E-state index contributed by atoms with van der Waals surface area (Å²) in [7, 11) is 0. The Hall–Kier alpha value is -1.05. The molecule has 0 saturated carbocycles. The Bertz CT molecular complexity index is 430. The molecule has 1 aromatic rings. The fraction of sp³-hybridized carbons (Fsp3) is 0.417. The lowest BCUT2D eigenvalue weighted by Gasteiger charge is -2.14. The highest BCUT2D eigenvalue weighted by molar-refractivity contribution is 8.00. The molecule has 2 rings (SSSR count). The summed E-state index contributed by atoms with van der Waals surface area (Å²) in [6, 6.07) is 6.66. The maximum atomic E-state index is 13.4. The van der Waals surface area contributed by atoms with Crippen LogP contribution in [0.3, 0.4) is 0 Å². The van der Waals surface area contributed by atoms with Crippen LogP contribution in [-0.2, 0) is 4.74 Å². The molecule has 1 heterocycles. The zero-order chi connectivity index (χ0) is 11.5. The lowest BCUT2D eigenvalue weighted by atomic mass is 10.2. The number of hydrogen-bond acceptors (Lipinski definition) is 3. The van der Waals surface area contributed by atoms with Crippen molar-refractivity contribution in [3.63, 3.8) is 0 Å². The molecule has 4 heteroatoms. The standard InChI is InChI=1S/C12H12FNOS/c1-8-11(5-6-15-8)16-12-4-2-3-10(13)9(12)7-14/h2-4,8,11H,5-6H2,1H3/t8-,11+/m0/s1. The fourth-order valence-corrected chi connectivity index (χ4v) is 2.97. The second-order valence-corrected chi connectivity index (χ2v) is 5.03. The molecule has 1 aromatic carbocycles. The van der Waals surface area contributed by atoms with Gasteiger partial charge in [0.05, 0.1) is 6.10 Å². The average molecular weight is 237 g/mol. The van der Waals surface area contributed by atoms with Crippen molar-refractivity contribution < 1.29 is 9.13 Å². The number of ether oxygens (including phenoxy) is 1. The van der Waals surface area contributed by atoms with Crippen LogP contribution < -0.4 is 0 Å². The van der Waals surface area contributed by atoms with Crippen LogP contribution in [0.2, 0.25) is 0 Å². The minimum Gasteiger partial charge on any atom is -0.377 e. The average Bonchev–Trinajstić information content (AvgIpc) is 2.65. The van der Waals surface area contributed by atoms with E-state index in [4.69, 9.17) is 10.00 Å². The first-order valence-electron chi connectivity index (χ1n) is 5.19. The summed E-state index contributed by atoms with van der Waals surface area (Å²) >= 11 is 1.54. The summed E-state index contributed by atoms with van der Waals surface area (Å²) in [5.41, 5.74) is 0.145. The van der Waals surface area contributed by atoms with Gasteiger partial charge in [0.15, 0.2) is 0 Å². The van der Waals surface area contributed by atoms with Crippen LogP contribution in [0.4, 0.5) is 4.39 Å². The van der Waals surface area contributed by atoms with Crippen LogP contribution in [-0.4, -0.2) is 18.0 Å².